The third-order valence-corrected chi connectivity index (χ3v) is 5.44. The first-order valence-corrected chi connectivity index (χ1v) is 8.90. The van der Waals surface area contributed by atoms with Crippen molar-refractivity contribution in [2.45, 2.75) is 18.9 Å². The van der Waals surface area contributed by atoms with Gasteiger partial charge >= 0.3 is 6.09 Å². The number of furan rings is 1. The third-order valence-electron chi connectivity index (χ3n) is 5.44. The van der Waals surface area contributed by atoms with Gasteiger partial charge in [0.05, 0.1) is 0 Å². The first kappa shape index (κ1) is 14.8. The number of carbonyl (C=O) groups is 1. The second kappa shape index (κ2) is 5.77. The minimum atomic E-state index is -0.246. The summed E-state index contributed by atoms with van der Waals surface area (Å²) in [6.07, 6.45) is 1.83. The lowest BCUT2D eigenvalue weighted by Crippen LogP contribution is -2.43. The molecule has 3 saturated heterocycles. The second-order valence-electron chi connectivity index (χ2n) is 6.89. The minimum absolute atomic E-state index is 0.246. The van der Waals surface area contributed by atoms with E-state index >= 15 is 0 Å². The zero-order valence-corrected chi connectivity index (χ0v) is 14.0. The van der Waals surface area contributed by atoms with Gasteiger partial charge < -0.3 is 19.0 Å². The molecule has 0 atom stereocenters. The number of amides is 1. The molecule has 3 fully saturated rings. The van der Waals surface area contributed by atoms with E-state index in [4.69, 9.17) is 9.15 Å². The van der Waals surface area contributed by atoms with Crippen molar-refractivity contribution in [3.05, 3.63) is 42.5 Å². The largest absolute Gasteiger partial charge is 0.456 e. The van der Waals surface area contributed by atoms with Crippen LogP contribution in [0.15, 0.2) is 46.9 Å². The van der Waals surface area contributed by atoms with Gasteiger partial charge in [-0.05, 0) is 31.0 Å². The van der Waals surface area contributed by atoms with Crippen LogP contribution in [0.1, 0.15) is 12.8 Å². The molecule has 128 valence electrons. The fraction of sp³-hybridized carbons (Fsp3) is 0.350. The highest BCUT2D eigenvalue weighted by Gasteiger charge is 2.33. The van der Waals surface area contributed by atoms with E-state index in [-0.39, 0.29) is 6.09 Å². The molecule has 5 heteroatoms. The Labute approximate surface area is 145 Å². The summed E-state index contributed by atoms with van der Waals surface area (Å²) in [5.41, 5.74) is 1.59. The highest BCUT2D eigenvalue weighted by Crippen LogP contribution is 2.31. The molecule has 0 saturated carbocycles. The molecule has 0 radical (unpaired) electrons. The van der Waals surface area contributed by atoms with Gasteiger partial charge in [0.25, 0.3) is 0 Å². The van der Waals surface area contributed by atoms with Crippen molar-refractivity contribution in [3.63, 3.8) is 0 Å². The maximum Gasteiger partial charge on any atom is 0.415 e. The predicted molar refractivity (Wildman–Crippen MR) is 95.9 cm³/mol. The first-order chi connectivity index (χ1) is 12.3. The van der Waals surface area contributed by atoms with E-state index in [1.807, 2.05) is 47.4 Å². The molecule has 25 heavy (non-hydrogen) atoms. The molecule has 3 aliphatic heterocycles. The molecular formula is C20H20N2O3. The lowest BCUT2D eigenvalue weighted by atomic mass is 10.1. The van der Waals surface area contributed by atoms with Crippen molar-refractivity contribution in [2.75, 3.05) is 26.2 Å². The van der Waals surface area contributed by atoms with Crippen molar-refractivity contribution >= 4 is 28.0 Å². The maximum absolute atomic E-state index is 12.7. The molecule has 3 aliphatic rings. The lowest BCUT2D eigenvalue weighted by molar-refractivity contribution is 0.131. The van der Waals surface area contributed by atoms with Crippen LogP contribution in [0, 0.1) is 0 Å². The number of para-hydroxylation sites is 1. The summed E-state index contributed by atoms with van der Waals surface area (Å²) in [5.74, 6) is 0.538. The minimum Gasteiger partial charge on any atom is -0.456 e. The average Bonchev–Trinajstić information content (AvgIpc) is 2.77. The van der Waals surface area contributed by atoms with E-state index in [2.05, 4.69) is 4.90 Å². The number of rotatable bonds is 1. The van der Waals surface area contributed by atoms with E-state index in [1.165, 1.54) is 0 Å². The number of hydrogen-bond donors (Lipinski definition) is 0. The van der Waals surface area contributed by atoms with Crippen LogP contribution in [0.4, 0.5) is 4.79 Å². The van der Waals surface area contributed by atoms with Crippen LogP contribution in [0.25, 0.3) is 21.9 Å². The standard InChI is InChI=1S/C20H20N2O3/c23-20(22-12-11-21-9-7-14(22)8-10-21)24-15-5-6-17-16-3-1-2-4-18(16)25-19(17)13-15/h1-6,13-14H,7-12H2. The molecule has 1 aromatic heterocycles. The van der Waals surface area contributed by atoms with Gasteiger partial charge in [0.15, 0.2) is 0 Å². The lowest BCUT2D eigenvalue weighted by Gasteiger charge is -2.30. The average molecular weight is 336 g/mol. The molecule has 0 N–H and O–H groups in total. The van der Waals surface area contributed by atoms with Crippen LogP contribution >= 0.6 is 0 Å². The Morgan fingerprint density at radius 1 is 0.960 bits per heavy atom. The third kappa shape index (κ3) is 2.55. The molecule has 3 aromatic rings. The van der Waals surface area contributed by atoms with E-state index in [1.54, 1.807) is 0 Å². The summed E-state index contributed by atoms with van der Waals surface area (Å²) in [6, 6.07) is 13.9. The van der Waals surface area contributed by atoms with Crippen LogP contribution in [-0.4, -0.2) is 48.1 Å². The zero-order chi connectivity index (χ0) is 16.8. The number of benzene rings is 2. The van der Waals surface area contributed by atoms with Gasteiger partial charge in [0.1, 0.15) is 16.9 Å². The number of hydrogen-bond acceptors (Lipinski definition) is 4. The predicted octanol–water partition coefficient (Wildman–Crippen LogP) is 3.86. The van der Waals surface area contributed by atoms with E-state index in [0.29, 0.717) is 11.8 Å². The molecule has 2 bridgehead atoms. The normalized spacial score (nSPS) is 23.1. The Morgan fingerprint density at radius 3 is 2.64 bits per heavy atom. The van der Waals surface area contributed by atoms with E-state index in [9.17, 15) is 4.79 Å². The number of piperidine rings is 1. The smallest absolute Gasteiger partial charge is 0.415 e. The Hall–Kier alpha value is -2.53. The van der Waals surface area contributed by atoms with Crippen molar-refractivity contribution in [1.29, 1.82) is 0 Å². The van der Waals surface area contributed by atoms with Crippen LogP contribution < -0.4 is 4.74 Å². The molecule has 2 aromatic carbocycles. The van der Waals surface area contributed by atoms with Crippen molar-refractivity contribution in [1.82, 2.24) is 9.80 Å². The van der Waals surface area contributed by atoms with Gasteiger partial charge in [-0.25, -0.2) is 4.79 Å². The van der Waals surface area contributed by atoms with Gasteiger partial charge in [0, 0.05) is 49.1 Å². The molecule has 6 rings (SSSR count). The van der Waals surface area contributed by atoms with Crippen LogP contribution in [-0.2, 0) is 0 Å². The number of ether oxygens (including phenoxy) is 1. The van der Waals surface area contributed by atoms with Crippen LogP contribution in [0.3, 0.4) is 0 Å². The number of fused-ring (bicyclic) bond motifs is 7. The summed E-state index contributed by atoms with van der Waals surface area (Å²) in [5, 5.41) is 2.12. The molecular weight excluding hydrogens is 316 g/mol. The summed E-state index contributed by atoms with van der Waals surface area (Å²) >= 11 is 0. The summed E-state index contributed by atoms with van der Waals surface area (Å²) < 4.78 is 11.6. The van der Waals surface area contributed by atoms with Crippen LogP contribution in [0.2, 0.25) is 0 Å². The number of nitrogens with zero attached hydrogens (tertiary/aromatic N) is 2. The maximum atomic E-state index is 12.7. The molecule has 0 unspecified atom stereocenters. The van der Waals surface area contributed by atoms with E-state index in [0.717, 1.165) is 61.0 Å². The quantitative estimate of drug-likeness (QED) is 0.677. The van der Waals surface area contributed by atoms with Gasteiger partial charge in [0.2, 0.25) is 0 Å². The fourth-order valence-electron chi connectivity index (χ4n) is 4.06. The molecule has 4 heterocycles. The summed E-state index contributed by atoms with van der Waals surface area (Å²) in [4.78, 5) is 17.0. The van der Waals surface area contributed by atoms with E-state index < -0.39 is 0 Å². The molecule has 5 nitrogen and oxygen atoms in total. The Kier molecular flexibility index (Phi) is 3.41. The molecule has 1 amide bonds. The molecule has 0 aliphatic carbocycles. The van der Waals surface area contributed by atoms with Crippen LogP contribution in [0.5, 0.6) is 5.75 Å². The Morgan fingerprint density at radius 2 is 1.76 bits per heavy atom. The monoisotopic (exact) mass is 336 g/mol. The second-order valence-corrected chi connectivity index (χ2v) is 6.89. The Balaban J connectivity index is 1.41. The zero-order valence-electron chi connectivity index (χ0n) is 14.0. The Bertz CT molecular complexity index is 940. The molecule has 0 spiro atoms. The van der Waals surface area contributed by atoms with Gasteiger partial charge in [-0.15, -0.1) is 0 Å². The number of carbonyl (C=O) groups excluding carboxylic acids is 1. The first-order valence-electron chi connectivity index (χ1n) is 8.90. The summed E-state index contributed by atoms with van der Waals surface area (Å²) in [6.45, 7) is 3.85. The van der Waals surface area contributed by atoms with Crippen molar-refractivity contribution < 1.29 is 13.9 Å². The van der Waals surface area contributed by atoms with Gasteiger partial charge in [-0.2, -0.15) is 0 Å². The highest BCUT2D eigenvalue weighted by atomic mass is 16.6. The van der Waals surface area contributed by atoms with Gasteiger partial charge in [-0.3, -0.25) is 0 Å². The topological polar surface area (TPSA) is 45.9 Å². The fourth-order valence-corrected chi connectivity index (χ4v) is 4.06. The van der Waals surface area contributed by atoms with Crippen molar-refractivity contribution in [3.8, 4) is 5.75 Å². The highest BCUT2D eigenvalue weighted by molar-refractivity contribution is 6.05. The summed E-state index contributed by atoms with van der Waals surface area (Å²) in [7, 11) is 0. The SMILES string of the molecule is O=C(Oc1ccc2c(c1)oc1ccccc12)N1CCN2CCC1CC2. The van der Waals surface area contributed by atoms with Crippen molar-refractivity contribution in [2.24, 2.45) is 0 Å². The van der Waals surface area contributed by atoms with Gasteiger partial charge in [-0.1, -0.05) is 18.2 Å².